The summed E-state index contributed by atoms with van der Waals surface area (Å²) < 4.78 is 13.7. The number of nitriles is 1. The van der Waals surface area contributed by atoms with E-state index in [1.807, 2.05) is 6.07 Å². The molecule has 2 aromatic rings. The van der Waals surface area contributed by atoms with Crippen LogP contribution in [0.1, 0.15) is 11.1 Å². The zero-order valence-electron chi connectivity index (χ0n) is 11.8. The maximum absolute atomic E-state index is 13.7. The van der Waals surface area contributed by atoms with Crippen molar-refractivity contribution in [2.24, 2.45) is 0 Å². The second-order valence-corrected chi connectivity index (χ2v) is 5.05. The first-order valence-electron chi connectivity index (χ1n) is 6.47. The van der Waals surface area contributed by atoms with Crippen LogP contribution < -0.4 is 5.32 Å². The Morgan fingerprint density at radius 3 is 2.73 bits per heavy atom. The molecule has 1 N–H and O–H groups in total. The number of rotatable bonds is 3. The van der Waals surface area contributed by atoms with E-state index < -0.39 is 11.8 Å². The van der Waals surface area contributed by atoms with Gasteiger partial charge in [-0.15, -0.1) is 0 Å². The summed E-state index contributed by atoms with van der Waals surface area (Å²) in [4.78, 5) is 13.4. The first-order valence-corrected chi connectivity index (χ1v) is 6.85. The van der Waals surface area contributed by atoms with Crippen LogP contribution in [0.15, 0.2) is 42.5 Å². The molecular formula is C16H13ClFN3O. The summed E-state index contributed by atoms with van der Waals surface area (Å²) in [7, 11) is 1.52. The summed E-state index contributed by atoms with van der Waals surface area (Å²) in [6.45, 7) is 0.0199. The van der Waals surface area contributed by atoms with E-state index in [4.69, 9.17) is 16.9 Å². The van der Waals surface area contributed by atoms with E-state index in [2.05, 4.69) is 5.32 Å². The van der Waals surface area contributed by atoms with Crippen LogP contribution in [-0.2, 0) is 6.54 Å². The lowest BCUT2D eigenvalue weighted by atomic mass is 10.2. The van der Waals surface area contributed by atoms with Gasteiger partial charge in [0.25, 0.3) is 0 Å². The molecule has 0 aliphatic heterocycles. The van der Waals surface area contributed by atoms with Crippen molar-refractivity contribution in [2.75, 3.05) is 12.4 Å². The highest BCUT2D eigenvalue weighted by Crippen LogP contribution is 2.21. The average molecular weight is 318 g/mol. The average Bonchev–Trinajstić information content (AvgIpc) is 2.51. The molecule has 0 heterocycles. The molecule has 22 heavy (non-hydrogen) atoms. The van der Waals surface area contributed by atoms with Crippen molar-refractivity contribution in [1.82, 2.24) is 4.90 Å². The van der Waals surface area contributed by atoms with E-state index in [1.165, 1.54) is 24.1 Å². The molecule has 2 amide bonds. The van der Waals surface area contributed by atoms with Gasteiger partial charge in [-0.2, -0.15) is 5.26 Å². The van der Waals surface area contributed by atoms with Gasteiger partial charge < -0.3 is 10.2 Å². The van der Waals surface area contributed by atoms with Crippen LogP contribution in [0.2, 0.25) is 5.02 Å². The second kappa shape index (κ2) is 6.92. The summed E-state index contributed by atoms with van der Waals surface area (Å²) in [6, 6.07) is 12.5. The minimum atomic E-state index is -0.468. The molecular weight excluding hydrogens is 305 g/mol. The summed E-state index contributed by atoms with van der Waals surface area (Å²) in [5, 5.41) is 11.9. The summed E-state index contributed by atoms with van der Waals surface area (Å²) >= 11 is 5.94. The lowest BCUT2D eigenvalue weighted by Crippen LogP contribution is -2.31. The number of carbonyl (C=O) groups is 1. The molecule has 0 aliphatic carbocycles. The highest BCUT2D eigenvalue weighted by molar-refractivity contribution is 6.31. The largest absolute Gasteiger partial charge is 0.323 e. The van der Waals surface area contributed by atoms with Crippen LogP contribution in [0.25, 0.3) is 0 Å². The van der Waals surface area contributed by atoms with E-state index in [0.29, 0.717) is 11.3 Å². The number of urea groups is 1. The van der Waals surface area contributed by atoms with Gasteiger partial charge in [-0.1, -0.05) is 29.8 Å². The molecule has 0 spiro atoms. The first-order chi connectivity index (χ1) is 10.5. The van der Waals surface area contributed by atoms with Crippen molar-refractivity contribution >= 4 is 23.3 Å². The number of anilines is 1. The minimum Gasteiger partial charge on any atom is -0.323 e. The smallest absolute Gasteiger partial charge is 0.321 e. The molecule has 112 valence electrons. The molecule has 6 heteroatoms. The van der Waals surface area contributed by atoms with Crippen LogP contribution >= 0.6 is 11.6 Å². The van der Waals surface area contributed by atoms with Crippen molar-refractivity contribution in [3.63, 3.8) is 0 Å². The third-order valence-electron chi connectivity index (χ3n) is 3.09. The fourth-order valence-corrected chi connectivity index (χ4v) is 2.12. The third-order valence-corrected chi connectivity index (χ3v) is 3.45. The van der Waals surface area contributed by atoms with Crippen molar-refractivity contribution in [3.8, 4) is 6.07 Å². The van der Waals surface area contributed by atoms with Crippen LogP contribution in [0.5, 0.6) is 0 Å². The lowest BCUT2D eigenvalue weighted by molar-refractivity contribution is 0.220. The van der Waals surface area contributed by atoms with Crippen LogP contribution in [0.3, 0.4) is 0 Å². The molecule has 0 atom stereocenters. The number of hydrogen-bond donors (Lipinski definition) is 1. The SMILES string of the molecule is CN(Cc1c(F)cccc1Cl)C(=O)Nc1ccccc1C#N. The maximum Gasteiger partial charge on any atom is 0.321 e. The summed E-state index contributed by atoms with van der Waals surface area (Å²) in [5.41, 5.74) is 1.00. The Kier molecular flexibility index (Phi) is 4.97. The normalized spacial score (nSPS) is 9.91. The van der Waals surface area contributed by atoms with E-state index in [-0.39, 0.29) is 17.1 Å². The molecule has 0 radical (unpaired) electrons. The standard InChI is InChI=1S/C16H13ClFN3O/c1-21(10-12-13(17)6-4-7-14(12)18)16(22)20-15-8-3-2-5-11(15)9-19/h2-8H,10H2,1H3,(H,20,22). The van der Waals surface area contributed by atoms with E-state index in [9.17, 15) is 9.18 Å². The van der Waals surface area contributed by atoms with Gasteiger partial charge in [0, 0.05) is 17.6 Å². The highest BCUT2D eigenvalue weighted by atomic mass is 35.5. The number of nitrogens with zero attached hydrogens (tertiary/aromatic N) is 2. The zero-order chi connectivity index (χ0) is 16.1. The van der Waals surface area contributed by atoms with Crippen molar-refractivity contribution in [3.05, 3.63) is 64.4 Å². The molecule has 0 bridgehead atoms. The topological polar surface area (TPSA) is 56.1 Å². The van der Waals surface area contributed by atoms with Gasteiger partial charge in [0.1, 0.15) is 11.9 Å². The Balaban J connectivity index is 2.12. The zero-order valence-corrected chi connectivity index (χ0v) is 12.6. The van der Waals surface area contributed by atoms with Gasteiger partial charge in [-0.3, -0.25) is 0 Å². The molecule has 0 saturated carbocycles. The second-order valence-electron chi connectivity index (χ2n) is 4.64. The summed E-state index contributed by atoms with van der Waals surface area (Å²) in [5.74, 6) is -0.468. The molecule has 0 aliphatic rings. The molecule has 0 saturated heterocycles. The number of hydrogen-bond acceptors (Lipinski definition) is 2. The van der Waals surface area contributed by atoms with Gasteiger partial charge in [0.2, 0.25) is 0 Å². The van der Waals surface area contributed by atoms with Crippen molar-refractivity contribution < 1.29 is 9.18 Å². The van der Waals surface area contributed by atoms with Gasteiger partial charge in [-0.25, -0.2) is 9.18 Å². The molecule has 0 unspecified atom stereocenters. The fraction of sp³-hybridized carbons (Fsp3) is 0.125. The van der Waals surface area contributed by atoms with E-state index >= 15 is 0 Å². The van der Waals surface area contributed by atoms with Crippen LogP contribution in [-0.4, -0.2) is 18.0 Å². The number of para-hydroxylation sites is 1. The van der Waals surface area contributed by atoms with E-state index in [0.717, 1.165) is 0 Å². The highest BCUT2D eigenvalue weighted by Gasteiger charge is 2.15. The van der Waals surface area contributed by atoms with Crippen LogP contribution in [0, 0.1) is 17.1 Å². The maximum atomic E-state index is 13.7. The van der Waals surface area contributed by atoms with Gasteiger partial charge in [0.15, 0.2) is 0 Å². The lowest BCUT2D eigenvalue weighted by Gasteiger charge is -2.19. The molecule has 4 nitrogen and oxygen atoms in total. The number of nitrogens with one attached hydrogen (secondary N) is 1. The Hall–Kier alpha value is -2.58. The van der Waals surface area contributed by atoms with Crippen LogP contribution in [0.4, 0.5) is 14.9 Å². The Morgan fingerprint density at radius 2 is 2.05 bits per heavy atom. The fourth-order valence-electron chi connectivity index (χ4n) is 1.89. The first kappa shape index (κ1) is 15.8. The van der Waals surface area contributed by atoms with Crippen molar-refractivity contribution in [2.45, 2.75) is 6.54 Å². The Labute approximate surface area is 132 Å². The minimum absolute atomic E-state index is 0.0199. The summed E-state index contributed by atoms with van der Waals surface area (Å²) in [6.07, 6.45) is 0. The predicted molar refractivity (Wildman–Crippen MR) is 83.1 cm³/mol. The number of carbonyl (C=O) groups excluding carboxylic acids is 1. The molecule has 2 rings (SSSR count). The number of amides is 2. The predicted octanol–water partition coefficient (Wildman–Crippen LogP) is 4.01. The van der Waals surface area contributed by atoms with Gasteiger partial charge in [-0.05, 0) is 24.3 Å². The Bertz CT molecular complexity index is 722. The number of halogens is 2. The van der Waals surface area contributed by atoms with Gasteiger partial charge in [0.05, 0.1) is 17.8 Å². The monoisotopic (exact) mass is 317 g/mol. The molecule has 0 aromatic heterocycles. The van der Waals surface area contributed by atoms with Crippen molar-refractivity contribution in [1.29, 1.82) is 5.26 Å². The van der Waals surface area contributed by atoms with E-state index in [1.54, 1.807) is 30.3 Å². The number of benzene rings is 2. The molecule has 2 aromatic carbocycles. The third kappa shape index (κ3) is 3.54. The molecule has 0 fully saturated rings. The van der Waals surface area contributed by atoms with Gasteiger partial charge >= 0.3 is 6.03 Å². The Morgan fingerprint density at radius 1 is 1.32 bits per heavy atom. The quantitative estimate of drug-likeness (QED) is 0.929.